The van der Waals surface area contributed by atoms with E-state index in [0.29, 0.717) is 31.2 Å². The van der Waals surface area contributed by atoms with E-state index in [1.54, 1.807) is 18.2 Å². The second-order valence-corrected chi connectivity index (χ2v) is 6.84. The summed E-state index contributed by atoms with van der Waals surface area (Å²) in [6, 6.07) is 16.8. The van der Waals surface area contributed by atoms with Gasteiger partial charge in [0.2, 0.25) is 5.91 Å². The Morgan fingerprint density at radius 3 is 2.38 bits per heavy atom. The smallest absolute Gasteiger partial charge is 0.242 e. The summed E-state index contributed by atoms with van der Waals surface area (Å²) >= 11 is 0. The highest BCUT2D eigenvalue weighted by atomic mass is 19.1. The van der Waals surface area contributed by atoms with Gasteiger partial charge in [-0.15, -0.1) is 0 Å². The molecule has 6 nitrogen and oxygen atoms in total. The lowest BCUT2D eigenvalue weighted by molar-refractivity contribution is -0.130. The fourth-order valence-corrected chi connectivity index (χ4v) is 3.26. The molecule has 0 spiro atoms. The largest absolute Gasteiger partial charge is 0.368 e. The SMILES string of the molecule is CCNC(=NCc1ccccc1F)NCC(=O)N1CCN(c2ccccc2)CC1. The lowest BCUT2D eigenvalue weighted by Gasteiger charge is -2.36. The van der Waals surface area contributed by atoms with Crippen molar-refractivity contribution in [3.05, 3.63) is 66.0 Å². The molecule has 1 fully saturated rings. The van der Waals surface area contributed by atoms with Crippen molar-refractivity contribution in [2.45, 2.75) is 13.5 Å². The standard InChI is InChI=1S/C22H28FN5O/c1-2-24-22(25-16-18-8-6-7-11-20(18)23)26-17-21(29)28-14-12-27(13-15-28)19-9-4-3-5-10-19/h3-11H,2,12-17H2,1H3,(H2,24,25,26). The lowest BCUT2D eigenvalue weighted by Crippen LogP contribution is -2.52. The number of aliphatic imine (C=N–C) groups is 1. The Morgan fingerprint density at radius 2 is 1.69 bits per heavy atom. The normalized spacial score (nSPS) is 14.6. The Labute approximate surface area is 171 Å². The molecule has 0 unspecified atom stereocenters. The van der Waals surface area contributed by atoms with E-state index in [9.17, 15) is 9.18 Å². The lowest BCUT2D eigenvalue weighted by atomic mass is 10.2. The van der Waals surface area contributed by atoms with Crippen molar-refractivity contribution in [3.63, 3.8) is 0 Å². The first-order valence-electron chi connectivity index (χ1n) is 10.0. The van der Waals surface area contributed by atoms with Crippen molar-refractivity contribution < 1.29 is 9.18 Å². The number of rotatable bonds is 6. The monoisotopic (exact) mass is 397 g/mol. The van der Waals surface area contributed by atoms with E-state index in [-0.39, 0.29) is 24.8 Å². The van der Waals surface area contributed by atoms with Crippen molar-refractivity contribution >= 4 is 17.6 Å². The first-order chi connectivity index (χ1) is 14.2. The highest BCUT2D eigenvalue weighted by Gasteiger charge is 2.21. The number of nitrogens with one attached hydrogen (secondary N) is 2. The molecule has 1 amide bonds. The van der Waals surface area contributed by atoms with Crippen LogP contribution in [0.5, 0.6) is 0 Å². The molecule has 0 aliphatic carbocycles. The quantitative estimate of drug-likeness (QED) is 0.580. The summed E-state index contributed by atoms with van der Waals surface area (Å²) in [4.78, 5) is 21.1. The van der Waals surface area contributed by atoms with E-state index in [1.807, 2.05) is 30.0 Å². The van der Waals surface area contributed by atoms with E-state index < -0.39 is 0 Å². The zero-order chi connectivity index (χ0) is 20.5. The average Bonchev–Trinajstić information content (AvgIpc) is 2.77. The van der Waals surface area contributed by atoms with Crippen LogP contribution in [0.25, 0.3) is 0 Å². The number of halogens is 1. The van der Waals surface area contributed by atoms with Gasteiger partial charge in [0, 0.05) is 44.0 Å². The summed E-state index contributed by atoms with van der Waals surface area (Å²) < 4.78 is 13.8. The molecular weight excluding hydrogens is 369 g/mol. The highest BCUT2D eigenvalue weighted by molar-refractivity contribution is 5.86. The number of carbonyl (C=O) groups excluding carboxylic acids is 1. The molecule has 0 aromatic heterocycles. The highest BCUT2D eigenvalue weighted by Crippen LogP contribution is 2.15. The van der Waals surface area contributed by atoms with E-state index in [1.165, 1.54) is 11.8 Å². The predicted octanol–water partition coefficient (Wildman–Crippen LogP) is 2.23. The number of amides is 1. The van der Waals surface area contributed by atoms with Crippen molar-refractivity contribution in [2.75, 3.05) is 44.2 Å². The third-order valence-electron chi connectivity index (χ3n) is 4.87. The van der Waals surface area contributed by atoms with Gasteiger partial charge < -0.3 is 20.4 Å². The summed E-state index contributed by atoms with van der Waals surface area (Å²) in [5, 5.41) is 6.16. The maximum Gasteiger partial charge on any atom is 0.242 e. The fraction of sp³-hybridized carbons (Fsp3) is 0.364. The van der Waals surface area contributed by atoms with Gasteiger partial charge in [-0.25, -0.2) is 9.38 Å². The summed E-state index contributed by atoms with van der Waals surface area (Å²) in [6.45, 7) is 6.00. The minimum absolute atomic E-state index is 0.0363. The van der Waals surface area contributed by atoms with Crippen molar-refractivity contribution in [3.8, 4) is 0 Å². The van der Waals surface area contributed by atoms with Crippen LogP contribution in [0.3, 0.4) is 0 Å². The Morgan fingerprint density at radius 1 is 1.00 bits per heavy atom. The summed E-state index contributed by atoms with van der Waals surface area (Å²) in [5.41, 5.74) is 1.71. The van der Waals surface area contributed by atoms with Crippen LogP contribution in [0, 0.1) is 5.82 Å². The number of guanidine groups is 1. The van der Waals surface area contributed by atoms with Crippen LogP contribution in [0.2, 0.25) is 0 Å². The average molecular weight is 397 g/mol. The Bertz CT molecular complexity index is 819. The van der Waals surface area contributed by atoms with Crippen LogP contribution in [0.1, 0.15) is 12.5 Å². The molecule has 2 N–H and O–H groups in total. The molecular formula is C22H28FN5O. The zero-order valence-corrected chi connectivity index (χ0v) is 16.8. The summed E-state index contributed by atoms with van der Waals surface area (Å²) in [5.74, 6) is 0.265. The van der Waals surface area contributed by atoms with Gasteiger partial charge in [0.1, 0.15) is 5.82 Å². The van der Waals surface area contributed by atoms with Gasteiger partial charge in [-0.2, -0.15) is 0 Å². The number of anilines is 1. The molecule has 154 valence electrons. The molecule has 29 heavy (non-hydrogen) atoms. The van der Waals surface area contributed by atoms with Crippen LogP contribution in [-0.4, -0.2) is 56.0 Å². The number of hydrogen-bond donors (Lipinski definition) is 2. The van der Waals surface area contributed by atoms with Crippen molar-refractivity contribution in [2.24, 2.45) is 4.99 Å². The minimum atomic E-state index is -0.278. The molecule has 0 bridgehead atoms. The van der Waals surface area contributed by atoms with Gasteiger partial charge in [-0.05, 0) is 25.1 Å². The zero-order valence-electron chi connectivity index (χ0n) is 16.8. The van der Waals surface area contributed by atoms with E-state index in [4.69, 9.17) is 0 Å². The van der Waals surface area contributed by atoms with E-state index in [2.05, 4.69) is 32.7 Å². The number of para-hydroxylation sites is 1. The van der Waals surface area contributed by atoms with Crippen LogP contribution in [0.4, 0.5) is 10.1 Å². The summed E-state index contributed by atoms with van der Waals surface area (Å²) in [6.07, 6.45) is 0. The minimum Gasteiger partial charge on any atom is -0.368 e. The molecule has 1 heterocycles. The Kier molecular flexibility index (Phi) is 7.44. The topological polar surface area (TPSA) is 60.0 Å². The number of carbonyl (C=O) groups is 1. The van der Waals surface area contributed by atoms with Gasteiger partial charge in [-0.3, -0.25) is 4.79 Å². The molecule has 1 aliphatic rings. The molecule has 0 radical (unpaired) electrons. The maximum absolute atomic E-state index is 13.8. The van der Waals surface area contributed by atoms with E-state index in [0.717, 1.165) is 13.1 Å². The second kappa shape index (κ2) is 10.5. The number of hydrogen-bond acceptors (Lipinski definition) is 3. The van der Waals surface area contributed by atoms with E-state index >= 15 is 0 Å². The first-order valence-corrected chi connectivity index (χ1v) is 10.0. The Hall–Kier alpha value is -3.09. The molecule has 2 aromatic rings. The molecule has 2 aromatic carbocycles. The van der Waals surface area contributed by atoms with Gasteiger partial charge >= 0.3 is 0 Å². The Balaban J connectivity index is 1.49. The molecule has 3 rings (SSSR count). The first kappa shape index (κ1) is 20.6. The molecule has 7 heteroatoms. The second-order valence-electron chi connectivity index (χ2n) is 6.84. The van der Waals surface area contributed by atoms with Crippen LogP contribution >= 0.6 is 0 Å². The summed E-state index contributed by atoms with van der Waals surface area (Å²) in [7, 11) is 0. The molecule has 1 aliphatic heterocycles. The number of benzene rings is 2. The van der Waals surface area contributed by atoms with Crippen LogP contribution in [0.15, 0.2) is 59.6 Å². The number of piperazine rings is 1. The maximum atomic E-state index is 13.8. The van der Waals surface area contributed by atoms with Crippen LogP contribution in [-0.2, 0) is 11.3 Å². The van der Waals surface area contributed by atoms with Gasteiger partial charge in [0.15, 0.2) is 5.96 Å². The van der Waals surface area contributed by atoms with Crippen molar-refractivity contribution in [1.82, 2.24) is 15.5 Å². The molecule has 0 saturated carbocycles. The molecule has 0 atom stereocenters. The van der Waals surface area contributed by atoms with Crippen molar-refractivity contribution in [1.29, 1.82) is 0 Å². The van der Waals surface area contributed by atoms with Gasteiger partial charge in [0.05, 0.1) is 13.1 Å². The fourth-order valence-electron chi connectivity index (χ4n) is 3.26. The third-order valence-corrected chi connectivity index (χ3v) is 4.87. The predicted molar refractivity (Wildman–Crippen MR) is 114 cm³/mol. The van der Waals surface area contributed by atoms with Gasteiger partial charge in [-0.1, -0.05) is 36.4 Å². The molecule has 1 saturated heterocycles. The van der Waals surface area contributed by atoms with Gasteiger partial charge in [0.25, 0.3) is 0 Å². The number of nitrogens with zero attached hydrogens (tertiary/aromatic N) is 3. The third kappa shape index (κ3) is 5.94. The van der Waals surface area contributed by atoms with Crippen LogP contribution < -0.4 is 15.5 Å².